The highest BCUT2D eigenvalue weighted by Crippen LogP contribution is 2.06. The summed E-state index contributed by atoms with van der Waals surface area (Å²) in [6.45, 7) is 2.20. The van der Waals surface area contributed by atoms with Gasteiger partial charge in [-0.15, -0.1) is 0 Å². The molecule has 0 N–H and O–H groups in total. The summed E-state index contributed by atoms with van der Waals surface area (Å²) >= 11 is 2.02. The Labute approximate surface area is 117 Å². The first-order chi connectivity index (χ1) is 8.61. The SMILES string of the molecule is CCC(COS(C)=O)O/N=C/c1ccc(Br)cn1. The minimum atomic E-state index is -1.28. The summed E-state index contributed by atoms with van der Waals surface area (Å²) in [5.74, 6) is 0. The third-order valence-electron chi connectivity index (χ3n) is 2.02. The second kappa shape index (κ2) is 8.34. The van der Waals surface area contributed by atoms with Crippen LogP contribution in [-0.4, -0.2) is 34.4 Å². The predicted octanol–water partition coefficient (Wildman–Crippen LogP) is 2.28. The molecule has 0 bridgehead atoms. The van der Waals surface area contributed by atoms with Crippen molar-refractivity contribution >= 4 is 33.2 Å². The highest BCUT2D eigenvalue weighted by Gasteiger charge is 2.08. The average Bonchev–Trinajstić information content (AvgIpc) is 2.35. The number of hydrogen-bond donors (Lipinski definition) is 0. The highest BCUT2D eigenvalue weighted by atomic mass is 79.9. The molecule has 1 aromatic rings. The Balaban J connectivity index is 2.41. The minimum Gasteiger partial charge on any atom is -0.390 e. The van der Waals surface area contributed by atoms with Crippen molar-refractivity contribution in [2.24, 2.45) is 5.16 Å². The van der Waals surface area contributed by atoms with E-state index in [4.69, 9.17) is 9.02 Å². The number of pyridine rings is 1. The summed E-state index contributed by atoms with van der Waals surface area (Å²) in [7, 11) is 0. The summed E-state index contributed by atoms with van der Waals surface area (Å²) in [6, 6.07) is 3.69. The predicted molar refractivity (Wildman–Crippen MR) is 74.7 cm³/mol. The number of hydrogen-bond acceptors (Lipinski definition) is 5. The molecule has 100 valence electrons. The van der Waals surface area contributed by atoms with E-state index in [1.807, 2.05) is 19.1 Å². The molecule has 2 unspecified atom stereocenters. The summed E-state index contributed by atoms with van der Waals surface area (Å²) in [4.78, 5) is 9.35. The van der Waals surface area contributed by atoms with Crippen molar-refractivity contribution in [1.29, 1.82) is 0 Å². The van der Waals surface area contributed by atoms with Gasteiger partial charge in [-0.3, -0.25) is 9.17 Å². The summed E-state index contributed by atoms with van der Waals surface area (Å²) in [5, 5.41) is 3.84. The van der Waals surface area contributed by atoms with Crippen LogP contribution in [0.25, 0.3) is 0 Å². The number of nitrogens with zero attached hydrogens (tertiary/aromatic N) is 2. The quantitative estimate of drug-likeness (QED) is 0.567. The van der Waals surface area contributed by atoms with Crippen LogP contribution < -0.4 is 0 Å². The topological polar surface area (TPSA) is 60.8 Å². The fourth-order valence-electron chi connectivity index (χ4n) is 1.03. The third kappa shape index (κ3) is 6.23. The van der Waals surface area contributed by atoms with Crippen LogP contribution in [0.3, 0.4) is 0 Å². The Kier molecular flexibility index (Phi) is 7.07. The Bertz CT molecular complexity index is 411. The van der Waals surface area contributed by atoms with Gasteiger partial charge in [0, 0.05) is 16.9 Å². The van der Waals surface area contributed by atoms with E-state index in [1.165, 1.54) is 12.5 Å². The molecule has 0 aliphatic heterocycles. The number of oxime groups is 1. The maximum Gasteiger partial charge on any atom is 0.152 e. The zero-order valence-electron chi connectivity index (χ0n) is 10.2. The monoisotopic (exact) mass is 334 g/mol. The first-order valence-corrected chi connectivity index (χ1v) is 7.67. The summed E-state index contributed by atoms with van der Waals surface area (Å²) in [6.07, 6.45) is 5.20. The molecule has 1 aromatic heterocycles. The van der Waals surface area contributed by atoms with Gasteiger partial charge in [-0.1, -0.05) is 12.1 Å². The molecular weight excluding hydrogens is 320 g/mol. The lowest BCUT2D eigenvalue weighted by molar-refractivity contribution is 0.0266. The van der Waals surface area contributed by atoms with Crippen LogP contribution in [0.2, 0.25) is 0 Å². The molecule has 0 amide bonds. The van der Waals surface area contributed by atoms with E-state index in [-0.39, 0.29) is 12.7 Å². The van der Waals surface area contributed by atoms with Crippen molar-refractivity contribution in [3.63, 3.8) is 0 Å². The fraction of sp³-hybridized carbons (Fsp3) is 0.455. The van der Waals surface area contributed by atoms with Crippen molar-refractivity contribution < 1.29 is 13.2 Å². The van der Waals surface area contributed by atoms with Gasteiger partial charge in [0.1, 0.15) is 6.61 Å². The van der Waals surface area contributed by atoms with E-state index in [2.05, 4.69) is 26.1 Å². The number of aromatic nitrogens is 1. The minimum absolute atomic E-state index is 0.208. The van der Waals surface area contributed by atoms with Gasteiger partial charge >= 0.3 is 0 Å². The van der Waals surface area contributed by atoms with Crippen LogP contribution in [0.15, 0.2) is 28.0 Å². The molecule has 7 heteroatoms. The van der Waals surface area contributed by atoms with Crippen molar-refractivity contribution in [3.05, 3.63) is 28.5 Å². The van der Waals surface area contributed by atoms with Gasteiger partial charge in [0.15, 0.2) is 17.2 Å². The second-order valence-corrected chi connectivity index (χ2v) is 5.41. The molecule has 0 aromatic carbocycles. The highest BCUT2D eigenvalue weighted by molar-refractivity contribution is 9.10. The fourth-order valence-corrected chi connectivity index (χ4v) is 1.61. The Morgan fingerprint density at radius 2 is 2.39 bits per heavy atom. The van der Waals surface area contributed by atoms with Crippen LogP contribution in [0.4, 0.5) is 0 Å². The molecule has 2 atom stereocenters. The molecule has 0 fully saturated rings. The lowest BCUT2D eigenvalue weighted by Gasteiger charge is -2.11. The van der Waals surface area contributed by atoms with Crippen LogP contribution >= 0.6 is 15.9 Å². The van der Waals surface area contributed by atoms with Crippen molar-refractivity contribution in [2.45, 2.75) is 19.4 Å². The van der Waals surface area contributed by atoms with E-state index >= 15 is 0 Å². The van der Waals surface area contributed by atoms with Crippen LogP contribution in [0.1, 0.15) is 19.0 Å². The first kappa shape index (κ1) is 15.3. The van der Waals surface area contributed by atoms with Crippen LogP contribution in [0, 0.1) is 0 Å². The lowest BCUT2D eigenvalue weighted by atomic mass is 10.3. The maximum absolute atomic E-state index is 10.8. The number of rotatable bonds is 7. The molecule has 0 aliphatic rings. The Morgan fingerprint density at radius 1 is 1.61 bits per heavy atom. The third-order valence-corrected chi connectivity index (χ3v) is 2.96. The molecule has 0 aliphatic carbocycles. The average molecular weight is 335 g/mol. The zero-order chi connectivity index (χ0) is 13.4. The molecule has 0 saturated carbocycles. The smallest absolute Gasteiger partial charge is 0.152 e. The van der Waals surface area contributed by atoms with Crippen LogP contribution in [-0.2, 0) is 20.1 Å². The van der Waals surface area contributed by atoms with Gasteiger partial charge in [-0.25, -0.2) is 4.21 Å². The van der Waals surface area contributed by atoms with E-state index < -0.39 is 11.1 Å². The largest absolute Gasteiger partial charge is 0.390 e. The van der Waals surface area contributed by atoms with E-state index in [0.29, 0.717) is 5.69 Å². The molecule has 1 rings (SSSR count). The lowest BCUT2D eigenvalue weighted by Crippen LogP contribution is -2.17. The molecule has 18 heavy (non-hydrogen) atoms. The van der Waals surface area contributed by atoms with Gasteiger partial charge in [0.2, 0.25) is 0 Å². The molecule has 0 radical (unpaired) electrons. The molecule has 0 spiro atoms. The number of halogens is 1. The summed E-state index contributed by atoms with van der Waals surface area (Å²) in [5.41, 5.74) is 0.702. The van der Waals surface area contributed by atoms with Gasteiger partial charge < -0.3 is 4.84 Å². The maximum atomic E-state index is 10.8. The molecule has 5 nitrogen and oxygen atoms in total. The molecule has 1 heterocycles. The van der Waals surface area contributed by atoms with Crippen molar-refractivity contribution in [2.75, 3.05) is 12.9 Å². The van der Waals surface area contributed by atoms with Crippen LogP contribution in [0.5, 0.6) is 0 Å². The van der Waals surface area contributed by atoms with E-state index in [1.54, 1.807) is 6.20 Å². The summed E-state index contributed by atoms with van der Waals surface area (Å²) < 4.78 is 16.6. The zero-order valence-corrected chi connectivity index (χ0v) is 12.6. The molecular formula is C11H15BrN2O3S. The van der Waals surface area contributed by atoms with E-state index in [0.717, 1.165) is 10.9 Å². The van der Waals surface area contributed by atoms with Gasteiger partial charge in [-0.05, 0) is 34.5 Å². The van der Waals surface area contributed by atoms with Gasteiger partial charge in [0.25, 0.3) is 0 Å². The Morgan fingerprint density at radius 3 is 2.94 bits per heavy atom. The van der Waals surface area contributed by atoms with Crippen molar-refractivity contribution in [3.8, 4) is 0 Å². The molecule has 0 saturated heterocycles. The van der Waals surface area contributed by atoms with Gasteiger partial charge in [-0.2, -0.15) is 0 Å². The second-order valence-electron chi connectivity index (χ2n) is 3.46. The Hall–Kier alpha value is -0.790. The first-order valence-electron chi connectivity index (χ1n) is 5.39. The van der Waals surface area contributed by atoms with Crippen molar-refractivity contribution in [1.82, 2.24) is 4.98 Å². The van der Waals surface area contributed by atoms with Gasteiger partial charge in [0.05, 0.1) is 11.9 Å². The normalized spacial score (nSPS) is 14.6. The standard InChI is InChI=1S/C11H15BrN2O3S/c1-3-11(8-16-18(2)15)17-14-7-10-5-4-9(12)6-13-10/h4-7,11H,3,8H2,1-2H3/b14-7+. The van der Waals surface area contributed by atoms with E-state index in [9.17, 15) is 4.21 Å².